The molecule has 6 heteroatoms. The number of hydrogen-bond acceptors (Lipinski definition) is 3. The van der Waals surface area contributed by atoms with Crippen LogP contribution in [0.5, 0.6) is 0 Å². The third-order valence-electron chi connectivity index (χ3n) is 4.00. The topological polar surface area (TPSA) is 71.8 Å². The van der Waals surface area contributed by atoms with Gasteiger partial charge in [0.25, 0.3) is 0 Å². The van der Waals surface area contributed by atoms with Crippen molar-refractivity contribution in [1.82, 2.24) is 25.2 Å². The first-order valence-corrected chi connectivity index (χ1v) is 8.20. The maximum Gasteiger partial charge on any atom is 0.315 e. The number of benzene rings is 1. The Morgan fingerprint density at radius 1 is 1.04 bits per heavy atom. The minimum absolute atomic E-state index is 0.126. The molecule has 0 spiro atoms. The van der Waals surface area contributed by atoms with Crippen LogP contribution < -0.4 is 10.6 Å². The van der Waals surface area contributed by atoms with Crippen molar-refractivity contribution in [3.05, 3.63) is 78.6 Å². The van der Waals surface area contributed by atoms with Crippen LogP contribution in [0.3, 0.4) is 0 Å². The Kier molecular flexibility index (Phi) is 5.09. The van der Waals surface area contributed by atoms with Crippen LogP contribution in [-0.2, 0) is 0 Å². The molecule has 2 N–H and O–H groups in total. The molecular formula is C19H21N5O. The summed E-state index contributed by atoms with van der Waals surface area (Å²) in [6.07, 6.45) is 7.09. The zero-order valence-electron chi connectivity index (χ0n) is 14.3. The number of aromatic nitrogens is 3. The van der Waals surface area contributed by atoms with Crippen molar-refractivity contribution < 1.29 is 4.79 Å². The highest BCUT2D eigenvalue weighted by Crippen LogP contribution is 2.17. The molecule has 0 saturated carbocycles. The summed E-state index contributed by atoms with van der Waals surface area (Å²) in [4.78, 5) is 20.6. The van der Waals surface area contributed by atoms with Crippen LogP contribution in [-0.4, -0.2) is 20.6 Å². The van der Waals surface area contributed by atoms with Crippen molar-refractivity contribution in [2.45, 2.75) is 25.9 Å². The summed E-state index contributed by atoms with van der Waals surface area (Å²) >= 11 is 0. The first kappa shape index (κ1) is 16.7. The lowest BCUT2D eigenvalue weighted by molar-refractivity contribution is 0.234. The SMILES string of the molecule is CC(NC(=O)NC(C)c1ccccn1)c1cccc(-n2ccnc2)c1. The van der Waals surface area contributed by atoms with Gasteiger partial charge in [-0.2, -0.15) is 0 Å². The molecular weight excluding hydrogens is 314 g/mol. The van der Waals surface area contributed by atoms with Gasteiger partial charge in [0.05, 0.1) is 24.1 Å². The lowest BCUT2D eigenvalue weighted by Gasteiger charge is -2.19. The highest BCUT2D eigenvalue weighted by Gasteiger charge is 2.14. The molecule has 1 aromatic carbocycles. The lowest BCUT2D eigenvalue weighted by atomic mass is 10.1. The van der Waals surface area contributed by atoms with Crippen LogP contribution in [0.15, 0.2) is 67.4 Å². The molecule has 0 fully saturated rings. The molecule has 0 aliphatic carbocycles. The summed E-state index contributed by atoms with van der Waals surface area (Å²) in [7, 11) is 0. The molecule has 0 bridgehead atoms. The highest BCUT2D eigenvalue weighted by atomic mass is 16.2. The van der Waals surface area contributed by atoms with Gasteiger partial charge in [0.15, 0.2) is 0 Å². The fraction of sp³-hybridized carbons (Fsp3) is 0.211. The number of carbonyl (C=O) groups excluding carboxylic acids is 1. The number of pyridine rings is 1. The minimum atomic E-state index is -0.223. The van der Waals surface area contributed by atoms with Gasteiger partial charge in [-0.25, -0.2) is 9.78 Å². The van der Waals surface area contributed by atoms with Crippen molar-refractivity contribution in [2.75, 3.05) is 0 Å². The van der Waals surface area contributed by atoms with Gasteiger partial charge in [0, 0.05) is 24.3 Å². The standard InChI is InChI=1S/C19H21N5O/c1-14(16-6-5-7-17(12-16)24-11-10-20-13-24)22-19(25)23-15(2)18-8-3-4-9-21-18/h3-15H,1-2H3,(H2,22,23,25). The van der Waals surface area contributed by atoms with E-state index >= 15 is 0 Å². The van der Waals surface area contributed by atoms with E-state index in [-0.39, 0.29) is 18.1 Å². The van der Waals surface area contributed by atoms with E-state index in [1.54, 1.807) is 18.7 Å². The number of nitrogens with zero attached hydrogens (tertiary/aromatic N) is 3. The molecule has 2 amide bonds. The van der Waals surface area contributed by atoms with E-state index < -0.39 is 0 Å². The predicted octanol–water partition coefficient (Wildman–Crippen LogP) is 3.39. The van der Waals surface area contributed by atoms with E-state index in [2.05, 4.69) is 20.6 Å². The predicted molar refractivity (Wildman–Crippen MR) is 96.3 cm³/mol. The van der Waals surface area contributed by atoms with E-state index in [9.17, 15) is 4.79 Å². The molecule has 25 heavy (non-hydrogen) atoms. The van der Waals surface area contributed by atoms with Crippen LogP contribution in [0.25, 0.3) is 5.69 Å². The first-order chi connectivity index (χ1) is 12.1. The van der Waals surface area contributed by atoms with Crippen molar-refractivity contribution in [2.24, 2.45) is 0 Å². The van der Waals surface area contributed by atoms with Crippen molar-refractivity contribution >= 4 is 6.03 Å². The van der Waals surface area contributed by atoms with Crippen molar-refractivity contribution in [1.29, 1.82) is 0 Å². The number of imidazole rings is 1. The molecule has 6 nitrogen and oxygen atoms in total. The Hall–Kier alpha value is -3.15. The third kappa shape index (κ3) is 4.23. The Balaban J connectivity index is 1.63. The second-order valence-corrected chi connectivity index (χ2v) is 5.88. The number of urea groups is 1. The maximum absolute atomic E-state index is 12.3. The zero-order valence-corrected chi connectivity index (χ0v) is 14.3. The molecule has 3 aromatic rings. The molecule has 2 unspecified atom stereocenters. The quantitative estimate of drug-likeness (QED) is 0.751. The number of carbonyl (C=O) groups is 1. The Labute approximate surface area is 146 Å². The minimum Gasteiger partial charge on any atom is -0.332 e. The van der Waals surface area contributed by atoms with E-state index in [0.29, 0.717) is 0 Å². The van der Waals surface area contributed by atoms with E-state index in [1.165, 1.54) is 0 Å². The third-order valence-corrected chi connectivity index (χ3v) is 4.00. The summed E-state index contributed by atoms with van der Waals surface area (Å²) in [6, 6.07) is 13.1. The molecule has 2 aromatic heterocycles. The second kappa shape index (κ2) is 7.61. The molecule has 0 saturated heterocycles. The molecule has 0 aliphatic rings. The average Bonchev–Trinajstić information content (AvgIpc) is 3.17. The van der Waals surface area contributed by atoms with E-state index in [0.717, 1.165) is 16.9 Å². The van der Waals surface area contributed by atoms with Gasteiger partial charge in [0.1, 0.15) is 0 Å². The molecule has 2 atom stereocenters. The van der Waals surface area contributed by atoms with Crippen molar-refractivity contribution in [3.8, 4) is 5.69 Å². The summed E-state index contributed by atoms with van der Waals surface area (Å²) < 4.78 is 1.93. The smallest absolute Gasteiger partial charge is 0.315 e. The number of nitrogens with one attached hydrogen (secondary N) is 2. The van der Waals surface area contributed by atoms with Gasteiger partial charge in [-0.3, -0.25) is 4.98 Å². The second-order valence-electron chi connectivity index (χ2n) is 5.88. The van der Waals surface area contributed by atoms with Gasteiger partial charge < -0.3 is 15.2 Å². The van der Waals surface area contributed by atoms with Crippen LogP contribution in [0.4, 0.5) is 4.79 Å². The fourth-order valence-corrected chi connectivity index (χ4v) is 2.59. The highest BCUT2D eigenvalue weighted by molar-refractivity contribution is 5.74. The fourth-order valence-electron chi connectivity index (χ4n) is 2.59. The zero-order chi connectivity index (χ0) is 17.6. The van der Waals surface area contributed by atoms with Gasteiger partial charge in [-0.05, 0) is 43.7 Å². The van der Waals surface area contributed by atoms with Gasteiger partial charge >= 0.3 is 6.03 Å². The Morgan fingerprint density at radius 2 is 1.88 bits per heavy atom. The summed E-state index contributed by atoms with van der Waals surface area (Å²) in [6.45, 7) is 3.87. The van der Waals surface area contributed by atoms with Gasteiger partial charge in [-0.15, -0.1) is 0 Å². The summed E-state index contributed by atoms with van der Waals surface area (Å²) in [5, 5.41) is 5.88. The Bertz CT molecular complexity index is 817. The number of amides is 2. The van der Waals surface area contributed by atoms with Gasteiger partial charge in [-0.1, -0.05) is 18.2 Å². The molecule has 2 heterocycles. The van der Waals surface area contributed by atoms with E-state index in [1.807, 2.05) is 67.1 Å². The monoisotopic (exact) mass is 335 g/mol. The molecule has 128 valence electrons. The molecule has 0 aliphatic heterocycles. The molecule has 0 radical (unpaired) electrons. The molecule has 3 rings (SSSR count). The first-order valence-electron chi connectivity index (χ1n) is 8.20. The lowest BCUT2D eigenvalue weighted by Crippen LogP contribution is -2.38. The van der Waals surface area contributed by atoms with Crippen molar-refractivity contribution in [3.63, 3.8) is 0 Å². The van der Waals surface area contributed by atoms with Gasteiger partial charge in [0.2, 0.25) is 0 Å². The number of hydrogen-bond donors (Lipinski definition) is 2. The van der Waals surface area contributed by atoms with Crippen LogP contribution in [0, 0.1) is 0 Å². The summed E-state index contributed by atoms with van der Waals surface area (Å²) in [5.74, 6) is 0. The van der Waals surface area contributed by atoms with Crippen LogP contribution in [0.1, 0.15) is 37.2 Å². The Morgan fingerprint density at radius 3 is 2.60 bits per heavy atom. The van der Waals surface area contributed by atoms with Crippen LogP contribution in [0.2, 0.25) is 0 Å². The average molecular weight is 335 g/mol. The maximum atomic E-state index is 12.3. The van der Waals surface area contributed by atoms with Crippen LogP contribution >= 0.6 is 0 Å². The normalized spacial score (nSPS) is 13.0. The largest absolute Gasteiger partial charge is 0.332 e. The number of rotatable bonds is 5. The van der Waals surface area contributed by atoms with E-state index in [4.69, 9.17) is 0 Å². The summed E-state index contributed by atoms with van der Waals surface area (Å²) in [5.41, 5.74) is 2.85.